The Balaban J connectivity index is 1.40. The first-order valence-corrected chi connectivity index (χ1v) is 10.5. The molecule has 1 aliphatic heterocycles. The first-order valence-electron chi connectivity index (χ1n) is 10.5. The van der Waals surface area contributed by atoms with Crippen LogP contribution in [-0.4, -0.2) is 56.9 Å². The highest BCUT2D eigenvalue weighted by molar-refractivity contribution is 5.80. The molecule has 7 heteroatoms. The van der Waals surface area contributed by atoms with Gasteiger partial charge in [0.2, 0.25) is 0 Å². The Kier molecular flexibility index (Phi) is 7.76. The van der Waals surface area contributed by atoms with Gasteiger partial charge in [0.1, 0.15) is 23.4 Å². The summed E-state index contributed by atoms with van der Waals surface area (Å²) in [7, 11) is 3.46. The number of ether oxygens (including phenoxy) is 2. The van der Waals surface area contributed by atoms with Crippen LogP contribution in [0, 0.1) is 6.92 Å². The highest BCUT2D eigenvalue weighted by atomic mass is 16.5. The number of aryl methyl sites for hydroxylation is 1. The Bertz CT molecular complexity index is 799. The summed E-state index contributed by atoms with van der Waals surface area (Å²) in [6.07, 6.45) is 4.04. The van der Waals surface area contributed by atoms with Crippen molar-refractivity contribution < 1.29 is 9.47 Å². The molecule has 0 bridgehead atoms. The number of nitrogens with one attached hydrogen (secondary N) is 2. The van der Waals surface area contributed by atoms with E-state index in [2.05, 4.69) is 44.6 Å². The van der Waals surface area contributed by atoms with Crippen LogP contribution < -0.4 is 25.0 Å². The molecule has 162 valence electrons. The third kappa shape index (κ3) is 6.27. The number of anilines is 1. The van der Waals surface area contributed by atoms with E-state index in [0.29, 0.717) is 12.6 Å². The minimum atomic E-state index is 0.00593. The Morgan fingerprint density at radius 3 is 2.47 bits per heavy atom. The third-order valence-corrected chi connectivity index (χ3v) is 5.23. The van der Waals surface area contributed by atoms with Gasteiger partial charge in [0.15, 0.2) is 5.96 Å². The number of rotatable bonds is 7. The molecule has 2 heterocycles. The standard InChI is InChI=1S/C23H33N5O2/c1-17-5-10-22(25-15-17)28-13-11-19(12-14-28)27-23(24-3)26-16-18(2)30-21-8-6-20(29-4)7-9-21/h5-10,15,18-19H,11-14,16H2,1-4H3,(H2,24,26,27). The van der Waals surface area contributed by atoms with Gasteiger partial charge in [0.05, 0.1) is 13.7 Å². The summed E-state index contributed by atoms with van der Waals surface area (Å²) in [5.41, 5.74) is 1.19. The molecule has 0 amide bonds. The van der Waals surface area contributed by atoms with E-state index >= 15 is 0 Å². The molecule has 2 N–H and O–H groups in total. The summed E-state index contributed by atoms with van der Waals surface area (Å²) < 4.78 is 11.1. The molecule has 1 fully saturated rings. The Morgan fingerprint density at radius 1 is 1.17 bits per heavy atom. The highest BCUT2D eigenvalue weighted by Gasteiger charge is 2.21. The van der Waals surface area contributed by atoms with Gasteiger partial charge >= 0.3 is 0 Å². The molecule has 7 nitrogen and oxygen atoms in total. The lowest BCUT2D eigenvalue weighted by atomic mass is 10.1. The van der Waals surface area contributed by atoms with E-state index < -0.39 is 0 Å². The van der Waals surface area contributed by atoms with Gasteiger partial charge in [-0.15, -0.1) is 0 Å². The van der Waals surface area contributed by atoms with E-state index in [1.165, 1.54) is 5.56 Å². The molecule has 0 radical (unpaired) electrons. The van der Waals surface area contributed by atoms with Crippen LogP contribution in [-0.2, 0) is 0 Å². The molecule has 0 aliphatic carbocycles. The van der Waals surface area contributed by atoms with Crippen molar-refractivity contribution in [3.05, 3.63) is 48.2 Å². The van der Waals surface area contributed by atoms with Crippen LogP contribution in [0.3, 0.4) is 0 Å². The zero-order chi connectivity index (χ0) is 21.3. The van der Waals surface area contributed by atoms with Gasteiger partial charge in [-0.1, -0.05) is 6.07 Å². The molecule has 30 heavy (non-hydrogen) atoms. The number of pyridine rings is 1. The van der Waals surface area contributed by atoms with Crippen LogP contribution in [0.5, 0.6) is 11.5 Å². The minimum Gasteiger partial charge on any atom is -0.497 e. The van der Waals surface area contributed by atoms with Crippen LogP contribution in [0.1, 0.15) is 25.3 Å². The number of methoxy groups -OCH3 is 1. The zero-order valence-corrected chi connectivity index (χ0v) is 18.4. The lowest BCUT2D eigenvalue weighted by Gasteiger charge is -2.34. The van der Waals surface area contributed by atoms with Crippen LogP contribution in [0.15, 0.2) is 47.6 Å². The first kappa shape index (κ1) is 21.7. The number of nitrogens with zero attached hydrogens (tertiary/aromatic N) is 3. The number of hydrogen-bond donors (Lipinski definition) is 2. The summed E-state index contributed by atoms with van der Waals surface area (Å²) in [5, 5.41) is 6.91. The molecule has 1 aliphatic rings. The van der Waals surface area contributed by atoms with Crippen molar-refractivity contribution in [3.63, 3.8) is 0 Å². The summed E-state index contributed by atoms with van der Waals surface area (Å²) in [6.45, 7) is 6.74. The van der Waals surface area contributed by atoms with Gasteiger partial charge in [-0.3, -0.25) is 4.99 Å². The molecule has 3 rings (SSSR count). The minimum absolute atomic E-state index is 0.00593. The molecule has 2 aromatic rings. The SMILES string of the molecule is CN=C(NCC(C)Oc1ccc(OC)cc1)NC1CCN(c2ccc(C)cn2)CC1. The average Bonchev–Trinajstić information content (AvgIpc) is 2.78. The number of benzene rings is 1. The molecule has 1 unspecified atom stereocenters. The van der Waals surface area contributed by atoms with Crippen molar-refractivity contribution >= 4 is 11.8 Å². The van der Waals surface area contributed by atoms with Gasteiger partial charge in [0.25, 0.3) is 0 Å². The van der Waals surface area contributed by atoms with Crippen molar-refractivity contribution in [2.75, 3.05) is 38.7 Å². The molecule has 0 saturated carbocycles. The number of hydrogen-bond acceptors (Lipinski definition) is 5. The van der Waals surface area contributed by atoms with E-state index in [4.69, 9.17) is 9.47 Å². The fraction of sp³-hybridized carbons (Fsp3) is 0.478. The predicted molar refractivity (Wildman–Crippen MR) is 122 cm³/mol. The number of aromatic nitrogens is 1. The third-order valence-electron chi connectivity index (χ3n) is 5.23. The van der Waals surface area contributed by atoms with Gasteiger partial charge < -0.3 is 25.0 Å². The largest absolute Gasteiger partial charge is 0.497 e. The Morgan fingerprint density at radius 2 is 1.87 bits per heavy atom. The van der Waals surface area contributed by atoms with Crippen molar-refractivity contribution in [2.24, 2.45) is 4.99 Å². The number of piperidine rings is 1. The lowest BCUT2D eigenvalue weighted by molar-refractivity contribution is 0.223. The van der Waals surface area contributed by atoms with Gasteiger partial charge in [-0.2, -0.15) is 0 Å². The normalized spacial score (nSPS) is 16.1. The van der Waals surface area contributed by atoms with E-state index in [-0.39, 0.29) is 6.10 Å². The van der Waals surface area contributed by atoms with Crippen LogP contribution in [0.2, 0.25) is 0 Å². The highest BCUT2D eigenvalue weighted by Crippen LogP contribution is 2.19. The summed E-state index contributed by atoms with van der Waals surface area (Å²) in [4.78, 5) is 11.3. The molecular formula is C23H33N5O2. The van der Waals surface area contributed by atoms with Crippen molar-refractivity contribution in [1.82, 2.24) is 15.6 Å². The van der Waals surface area contributed by atoms with Crippen molar-refractivity contribution in [1.29, 1.82) is 0 Å². The van der Waals surface area contributed by atoms with Crippen LogP contribution in [0.25, 0.3) is 0 Å². The van der Waals surface area contributed by atoms with E-state index in [1.807, 2.05) is 37.4 Å². The van der Waals surface area contributed by atoms with Gasteiger partial charge in [-0.25, -0.2) is 4.98 Å². The fourth-order valence-electron chi connectivity index (χ4n) is 3.46. The van der Waals surface area contributed by atoms with Crippen molar-refractivity contribution in [2.45, 2.75) is 38.8 Å². The monoisotopic (exact) mass is 411 g/mol. The first-order chi connectivity index (χ1) is 14.6. The Labute approximate surface area is 179 Å². The second-order valence-electron chi connectivity index (χ2n) is 7.66. The topological polar surface area (TPSA) is 71.0 Å². The summed E-state index contributed by atoms with van der Waals surface area (Å²) in [6, 6.07) is 12.2. The van der Waals surface area contributed by atoms with E-state index in [1.54, 1.807) is 14.2 Å². The molecule has 0 spiro atoms. The Hall–Kier alpha value is -2.96. The molecule has 1 atom stereocenters. The molecular weight excluding hydrogens is 378 g/mol. The smallest absolute Gasteiger partial charge is 0.191 e. The van der Waals surface area contributed by atoms with Crippen LogP contribution >= 0.6 is 0 Å². The van der Waals surface area contributed by atoms with E-state index in [0.717, 1.165) is 49.2 Å². The fourth-order valence-corrected chi connectivity index (χ4v) is 3.46. The second-order valence-corrected chi connectivity index (χ2v) is 7.66. The predicted octanol–water partition coefficient (Wildman–Crippen LogP) is 3.00. The van der Waals surface area contributed by atoms with Gasteiger partial charge in [-0.05, 0) is 62.6 Å². The molecule has 1 saturated heterocycles. The maximum atomic E-state index is 5.96. The van der Waals surface area contributed by atoms with E-state index in [9.17, 15) is 0 Å². The van der Waals surface area contributed by atoms with Crippen LogP contribution in [0.4, 0.5) is 5.82 Å². The molecule has 1 aromatic carbocycles. The summed E-state index contributed by atoms with van der Waals surface area (Å²) in [5.74, 6) is 3.52. The maximum Gasteiger partial charge on any atom is 0.191 e. The second kappa shape index (κ2) is 10.7. The quantitative estimate of drug-likeness (QED) is 0.539. The average molecular weight is 412 g/mol. The lowest BCUT2D eigenvalue weighted by Crippen LogP contribution is -2.50. The molecule has 1 aromatic heterocycles. The number of aliphatic imine (C=N–C) groups is 1. The maximum absolute atomic E-state index is 5.96. The summed E-state index contributed by atoms with van der Waals surface area (Å²) >= 11 is 0. The van der Waals surface area contributed by atoms with Gasteiger partial charge in [0, 0.05) is 32.4 Å². The number of guanidine groups is 1. The van der Waals surface area contributed by atoms with Crippen molar-refractivity contribution in [3.8, 4) is 11.5 Å². The zero-order valence-electron chi connectivity index (χ0n) is 18.4.